The van der Waals surface area contributed by atoms with E-state index in [9.17, 15) is 5.11 Å². The van der Waals surface area contributed by atoms with Crippen molar-refractivity contribution in [2.45, 2.75) is 43.7 Å². The van der Waals surface area contributed by atoms with E-state index in [0.717, 1.165) is 24.4 Å². The average molecular weight is 266 g/mol. The van der Waals surface area contributed by atoms with Crippen molar-refractivity contribution >= 4 is 11.6 Å². The summed E-state index contributed by atoms with van der Waals surface area (Å²) in [4.78, 5) is 0. The summed E-state index contributed by atoms with van der Waals surface area (Å²) in [7, 11) is 0. The maximum atomic E-state index is 9.23. The lowest BCUT2D eigenvalue weighted by atomic mass is 9.75. The second-order valence-electron chi connectivity index (χ2n) is 5.82. The first-order chi connectivity index (χ1) is 8.70. The molecule has 2 aliphatic carbocycles. The normalized spacial score (nSPS) is 34.8. The molecular weight excluding hydrogens is 246 g/mol. The van der Waals surface area contributed by atoms with Gasteiger partial charge in [-0.05, 0) is 61.8 Å². The van der Waals surface area contributed by atoms with Gasteiger partial charge in [-0.15, -0.1) is 0 Å². The predicted molar refractivity (Wildman–Crippen MR) is 73.9 cm³/mol. The van der Waals surface area contributed by atoms with Crippen LogP contribution in [0.15, 0.2) is 24.3 Å². The molecule has 0 aliphatic heterocycles. The van der Waals surface area contributed by atoms with E-state index in [1.54, 1.807) is 0 Å². The molecule has 1 aromatic carbocycles. The van der Waals surface area contributed by atoms with Crippen LogP contribution in [0.4, 0.5) is 0 Å². The van der Waals surface area contributed by atoms with Crippen LogP contribution in [0.2, 0.25) is 5.02 Å². The van der Waals surface area contributed by atoms with E-state index in [2.05, 4.69) is 17.4 Å². The molecule has 18 heavy (non-hydrogen) atoms. The summed E-state index contributed by atoms with van der Waals surface area (Å²) in [5.41, 5.74) is 1.37. The zero-order valence-corrected chi connectivity index (χ0v) is 11.2. The second kappa shape index (κ2) is 5.20. The number of nitrogens with one attached hydrogen (secondary N) is 1. The van der Waals surface area contributed by atoms with Gasteiger partial charge >= 0.3 is 0 Å². The number of hydrogen-bond acceptors (Lipinski definition) is 2. The van der Waals surface area contributed by atoms with Crippen molar-refractivity contribution in [1.29, 1.82) is 0 Å². The van der Waals surface area contributed by atoms with Gasteiger partial charge < -0.3 is 10.4 Å². The number of aliphatic hydroxyl groups is 1. The van der Waals surface area contributed by atoms with Gasteiger partial charge in [-0.25, -0.2) is 0 Å². The smallest absolute Gasteiger partial charge is 0.0546 e. The zero-order chi connectivity index (χ0) is 12.5. The molecule has 2 N–H and O–H groups in total. The molecule has 2 nitrogen and oxygen atoms in total. The van der Waals surface area contributed by atoms with E-state index in [1.807, 2.05) is 12.1 Å². The summed E-state index contributed by atoms with van der Waals surface area (Å²) in [6.07, 6.45) is 4.37. The van der Waals surface area contributed by atoms with Gasteiger partial charge in [-0.2, -0.15) is 0 Å². The number of halogens is 1. The minimum atomic E-state index is -0.0302. The maximum Gasteiger partial charge on any atom is 0.0546 e. The number of aliphatic hydroxyl groups excluding tert-OH is 1. The summed E-state index contributed by atoms with van der Waals surface area (Å²) < 4.78 is 0. The van der Waals surface area contributed by atoms with Crippen LogP contribution in [0.25, 0.3) is 0 Å². The highest BCUT2D eigenvalue weighted by atomic mass is 35.5. The molecule has 0 unspecified atom stereocenters. The molecule has 0 radical (unpaired) electrons. The van der Waals surface area contributed by atoms with Gasteiger partial charge in [-0.3, -0.25) is 0 Å². The van der Waals surface area contributed by atoms with E-state index >= 15 is 0 Å². The summed E-state index contributed by atoms with van der Waals surface area (Å²) in [5, 5.41) is 13.7. The Kier molecular flexibility index (Phi) is 3.60. The van der Waals surface area contributed by atoms with E-state index < -0.39 is 0 Å². The van der Waals surface area contributed by atoms with Gasteiger partial charge in [0.2, 0.25) is 0 Å². The van der Waals surface area contributed by atoms with E-state index in [-0.39, 0.29) is 6.10 Å². The van der Waals surface area contributed by atoms with Crippen LogP contribution in [0, 0.1) is 5.92 Å². The Balaban J connectivity index is 1.40. The summed E-state index contributed by atoms with van der Waals surface area (Å²) in [5.74, 6) is 1.37. The highest BCUT2D eigenvalue weighted by molar-refractivity contribution is 6.30. The molecule has 2 aliphatic rings. The van der Waals surface area contributed by atoms with Crippen LogP contribution >= 0.6 is 11.6 Å². The molecule has 0 atom stereocenters. The third kappa shape index (κ3) is 2.71. The number of benzene rings is 1. The summed E-state index contributed by atoms with van der Waals surface area (Å²) in [6.45, 7) is 1.07. The molecular formula is C15H20ClNO. The van der Waals surface area contributed by atoms with Crippen molar-refractivity contribution in [1.82, 2.24) is 5.32 Å². The van der Waals surface area contributed by atoms with E-state index in [0.29, 0.717) is 17.9 Å². The monoisotopic (exact) mass is 265 g/mol. The van der Waals surface area contributed by atoms with Gasteiger partial charge in [0.1, 0.15) is 0 Å². The molecule has 2 saturated carbocycles. The van der Waals surface area contributed by atoms with Crippen LogP contribution in [0.5, 0.6) is 0 Å². The summed E-state index contributed by atoms with van der Waals surface area (Å²) in [6, 6.07) is 8.89. The van der Waals surface area contributed by atoms with Crippen LogP contribution < -0.4 is 5.32 Å². The van der Waals surface area contributed by atoms with Crippen molar-refractivity contribution in [3.63, 3.8) is 0 Å². The van der Waals surface area contributed by atoms with Crippen molar-refractivity contribution in [3.8, 4) is 0 Å². The fourth-order valence-electron chi connectivity index (χ4n) is 3.02. The molecule has 0 amide bonds. The Morgan fingerprint density at radius 3 is 2.67 bits per heavy atom. The Hall–Kier alpha value is -0.570. The van der Waals surface area contributed by atoms with Crippen LogP contribution in [0.3, 0.4) is 0 Å². The highest BCUT2D eigenvalue weighted by Crippen LogP contribution is 2.38. The Labute approximate surface area is 113 Å². The quantitative estimate of drug-likeness (QED) is 0.877. The van der Waals surface area contributed by atoms with Crippen molar-refractivity contribution in [3.05, 3.63) is 34.9 Å². The first kappa shape index (κ1) is 12.5. The standard InChI is InChI=1S/C15H20ClNO/c16-13-3-1-2-11(6-13)12-7-14(8-12)17-9-10-4-15(18)5-10/h1-3,6,10,12,14-15,17-18H,4-5,7-9H2. The third-order valence-corrected chi connectivity index (χ3v) is 4.60. The molecule has 0 aromatic heterocycles. The fourth-order valence-corrected chi connectivity index (χ4v) is 3.22. The highest BCUT2D eigenvalue weighted by Gasteiger charge is 2.32. The number of hydrogen-bond donors (Lipinski definition) is 2. The molecule has 3 heteroatoms. The van der Waals surface area contributed by atoms with Crippen molar-refractivity contribution < 1.29 is 5.11 Å². The minimum Gasteiger partial charge on any atom is -0.393 e. The average Bonchev–Trinajstić information content (AvgIpc) is 2.24. The largest absolute Gasteiger partial charge is 0.393 e. The number of rotatable bonds is 4. The minimum absolute atomic E-state index is 0.0302. The maximum absolute atomic E-state index is 9.23. The molecule has 3 rings (SSSR count). The molecule has 0 spiro atoms. The Morgan fingerprint density at radius 1 is 1.22 bits per heavy atom. The van der Waals surface area contributed by atoms with Crippen LogP contribution in [-0.2, 0) is 0 Å². The van der Waals surface area contributed by atoms with Crippen LogP contribution in [-0.4, -0.2) is 23.8 Å². The molecule has 0 heterocycles. The second-order valence-corrected chi connectivity index (χ2v) is 6.26. The predicted octanol–water partition coefficient (Wildman–Crippen LogP) is 2.95. The molecule has 1 aromatic rings. The first-order valence-corrected chi connectivity index (χ1v) is 7.25. The van der Waals surface area contributed by atoms with Gasteiger partial charge in [-0.1, -0.05) is 23.7 Å². The zero-order valence-electron chi connectivity index (χ0n) is 10.5. The van der Waals surface area contributed by atoms with Gasteiger partial charge in [0.15, 0.2) is 0 Å². The Morgan fingerprint density at radius 2 is 2.00 bits per heavy atom. The van der Waals surface area contributed by atoms with Gasteiger partial charge in [0, 0.05) is 11.1 Å². The van der Waals surface area contributed by atoms with E-state index in [1.165, 1.54) is 18.4 Å². The van der Waals surface area contributed by atoms with Crippen LogP contribution in [0.1, 0.15) is 37.2 Å². The molecule has 98 valence electrons. The molecule has 0 bridgehead atoms. The molecule has 0 saturated heterocycles. The van der Waals surface area contributed by atoms with Gasteiger partial charge in [0.05, 0.1) is 6.10 Å². The third-order valence-electron chi connectivity index (χ3n) is 4.36. The van der Waals surface area contributed by atoms with E-state index in [4.69, 9.17) is 11.6 Å². The lowest BCUT2D eigenvalue weighted by molar-refractivity contribution is 0.0400. The topological polar surface area (TPSA) is 32.3 Å². The van der Waals surface area contributed by atoms with Gasteiger partial charge in [0.25, 0.3) is 0 Å². The first-order valence-electron chi connectivity index (χ1n) is 6.87. The SMILES string of the molecule is OC1CC(CNC2CC(c3cccc(Cl)c3)C2)C1. The summed E-state index contributed by atoms with van der Waals surface area (Å²) >= 11 is 6.01. The lowest BCUT2D eigenvalue weighted by Gasteiger charge is -2.39. The molecule has 2 fully saturated rings. The van der Waals surface area contributed by atoms with Crippen molar-refractivity contribution in [2.75, 3.05) is 6.54 Å². The lowest BCUT2D eigenvalue weighted by Crippen LogP contribution is -2.45. The fraction of sp³-hybridized carbons (Fsp3) is 0.600. The van der Waals surface area contributed by atoms with Crippen molar-refractivity contribution in [2.24, 2.45) is 5.92 Å². The Bertz CT molecular complexity index is 411.